The molecule has 0 unspecified atom stereocenters. The Kier molecular flexibility index (Phi) is 2.78. The van der Waals surface area contributed by atoms with Crippen LogP contribution in [0, 0.1) is 6.92 Å². The van der Waals surface area contributed by atoms with Crippen LogP contribution in [0.2, 0.25) is 5.02 Å². The smallest absolute Gasteiger partial charge is 0.336 e. The third-order valence-electron chi connectivity index (χ3n) is 1.79. The number of carboxylic acid groups (broad SMARTS) is 1. The number of halogens is 1. The van der Waals surface area contributed by atoms with Gasteiger partial charge in [-0.05, 0) is 19.1 Å². The lowest BCUT2D eigenvalue weighted by molar-refractivity contribution is 0.0695. The van der Waals surface area contributed by atoms with Gasteiger partial charge < -0.3 is 9.84 Å². The van der Waals surface area contributed by atoms with Crippen LogP contribution in [-0.4, -0.2) is 18.2 Å². The summed E-state index contributed by atoms with van der Waals surface area (Å²) in [6, 6.07) is 2.97. The van der Waals surface area contributed by atoms with Crippen molar-refractivity contribution in [1.82, 2.24) is 0 Å². The van der Waals surface area contributed by atoms with Gasteiger partial charge in [0, 0.05) is 5.56 Å². The van der Waals surface area contributed by atoms with Gasteiger partial charge in [-0.2, -0.15) is 0 Å². The normalized spacial score (nSPS) is 9.77. The molecule has 0 bridgehead atoms. The van der Waals surface area contributed by atoms with Crippen molar-refractivity contribution < 1.29 is 14.6 Å². The number of rotatable bonds is 2. The molecule has 1 rings (SSSR count). The van der Waals surface area contributed by atoms with Crippen molar-refractivity contribution in [2.45, 2.75) is 6.92 Å². The molecule has 0 heterocycles. The Morgan fingerprint density at radius 1 is 1.54 bits per heavy atom. The van der Waals surface area contributed by atoms with Gasteiger partial charge in [-0.3, -0.25) is 0 Å². The largest absolute Gasteiger partial charge is 0.495 e. The van der Waals surface area contributed by atoms with E-state index in [1.165, 1.54) is 19.2 Å². The molecule has 0 amide bonds. The van der Waals surface area contributed by atoms with Crippen LogP contribution in [0.15, 0.2) is 12.1 Å². The summed E-state index contributed by atoms with van der Waals surface area (Å²) in [5.41, 5.74) is 0.753. The molecule has 0 fully saturated rings. The Bertz CT molecular complexity index is 347. The molecule has 3 nitrogen and oxygen atoms in total. The van der Waals surface area contributed by atoms with Gasteiger partial charge in [-0.15, -0.1) is 0 Å². The molecular formula is C9H9ClO3. The highest BCUT2D eigenvalue weighted by Gasteiger charge is 2.13. The number of carboxylic acids is 1. The van der Waals surface area contributed by atoms with Crippen LogP contribution in [0.25, 0.3) is 0 Å². The number of hydrogen-bond donors (Lipinski definition) is 1. The van der Waals surface area contributed by atoms with E-state index < -0.39 is 5.97 Å². The van der Waals surface area contributed by atoms with E-state index in [2.05, 4.69) is 0 Å². The van der Waals surface area contributed by atoms with Crippen molar-refractivity contribution in [2.24, 2.45) is 0 Å². The second kappa shape index (κ2) is 3.66. The zero-order valence-electron chi connectivity index (χ0n) is 7.30. The number of ether oxygens (including phenoxy) is 1. The minimum atomic E-state index is -0.979. The number of carbonyl (C=O) groups is 1. The van der Waals surface area contributed by atoms with Crippen molar-refractivity contribution in [3.63, 3.8) is 0 Å². The minimum absolute atomic E-state index is 0.209. The van der Waals surface area contributed by atoms with Gasteiger partial charge in [0.05, 0.1) is 17.7 Å². The van der Waals surface area contributed by atoms with Crippen LogP contribution in [0.5, 0.6) is 5.75 Å². The van der Waals surface area contributed by atoms with Gasteiger partial charge in [0.1, 0.15) is 5.75 Å². The number of methoxy groups -OCH3 is 1. The fourth-order valence-electron chi connectivity index (χ4n) is 1.14. The van der Waals surface area contributed by atoms with Gasteiger partial charge in [0.15, 0.2) is 0 Å². The highest BCUT2D eigenvalue weighted by Crippen LogP contribution is 2.30. The highest BCUT2D eigenvalue weighted by molar-refractivity contribution is 6.32. The van der Waals surface area contributed by atoms with Gasteiger partial charge in [-0.1, -0.05) is 11.6 Å². The maximum Gasteiger partial charge on any atom is 0.336 e. The Labute approximate surface area is 80.9 Å². The first-order valence-corrected chi connectivity index (χ1v) is 4.02. The molecule has 1 N–H and O–H groups in total. The second-order valence-electron chi connectivity index (χ2n) is 2.56. The summed E-state index contributed by atoms with van der Waals surface area (Å²) < 4.78 is 4.97. The topological polar surface area (TPSA) is 46.5 Å². The maximum absolute atomic E-state index is 10.7. The molecule has 0 spiro atoms. The summed E-state index contributed by atoms with van der Waals surface area (Å²) in [6.07, 6.45) is 0. The zero-order valence-corrected chi connectivity index (χ0v) is 8.05. The van der Waals surface area contributed by atoms with E-state index in [9.17, 15) is 4.79 Å². The molecule has 70 valence electrons. The summed E-state index contributed by atoms with van der Waals surface area (Å²) >= 11 is 5.79. The van der Waals surface area contributed by atoms with Gasteiger partial charge in [0.2, 0.25) is 0 Å². The van der Waals surface area contributed by atoms with Crippen LogP contribution in [-0.2, 0) is 0 Å². The molecule has 0 aliphatic rings. The van der Waals surface area contributed by atoms with Crippen LogP contribution in [0.4, 0.5) is 0 Å². The predicted molar refractivity (Wildman–Crippen MR) is 49.7 cm³/mol. The van der Waals surface area contributed by atoms with Crippen molar-refractivity contribution in [3.05, 3.63) is 28.3 Å². The van der Waals surface area contributed by atoms with Crippen LogP contribution >= 0.6 is 11.6 Å². The summed E-state index contributed by atoms with van der Waals surface area (Å²) in [6.45, 7) is 1.66. The van der Waals surface area contributed by atoms with E-state index in [4.69, 9.17) is 21.4 Å². The molecule has 0 saturated carbocycles. The molecule has 0 radical (unpaired) electrons. The molecule has 4 heteroatoms. The van der Waals surface area contributed by atoms with E-state index >= 15 is 0 Å². The van der Waals surface area contributed by atoms with Crippen LogP contribution in [0.1, 0.15) is 15.9 Å². The number of benzene rings is 1. The van der Waals surface area contributed by atoms with E-state index in [1.54, 1.807) is 6.92 Å². The molecule has 0 saturated heterocycles. The first-order chi connectivity index (χ1) is 6.07. The molecule has 0 aliphatic carbocycles. The fraction of sp³-hybridized carbons (Fsp3) is 0.222. The second-order valence-corrected chi connectivity index (χ2v) is 2.97. The Morgan fingerprint density at radius 2 is 2.15 bits per heavy atom. The minimum Gasteiger partial charge on any atom is -0.495 e. The summed E-state index contributed by atoms with van der Waals surface area (Å²) in [5, 5.41) is 9.20. The average molecular weight is 201 g/mol. The number of aromatic carboxylic acids is 1. The Hall–Kier alpha value is -1.22. The first kappa shape index (κ1) is 9.86. The molecule has 0 aliphatic heterocycles. The maximum atomic E-state index is 10.7. The van der Waals surface area contributed by atoms with Crippen molar-refractivity contribution >= 4 is 17.6 Å². The molecule has 1 aromatic carbocycles. The lowest BCUT2D eigenvalue weighted by atomic mass is 10.1. The van der Waals surface area contributed by atoms with E-state index in [0.717, 1.165) is 0 Å². The standard InChI is InChI=1S/C9H9ClO3/c1-5-6(9(11)12)3-4-7(10)8(5)13-2/h3-4H,1-2H3,(H,11,12). The SMILES string of the molecule is COc1c(Cl)ccc(C(=O)O)c1C. The Balaban J connectivity index is 3.35. The average Bonchev–Trinajstić information content (AvgIpc) is 2.04. The van der Waals surface area contributed by atoms with Crippen LogP contribution < -0.4 is 4.74 Å². The Morgan fingerprint density at radius 3 is 2.62 bits per heavy atom. The van der Waals surface area contributed by atoms with Crippen molar-refractivity contribution in [2.75, 3.05) is 7.11 Å². The molecule has 0 atom stereocenters. The summed E-state index contributed by atoms with van der Waals surface area (Å²) in [7, 11) is 1.46. The third-order valence-corrected chi connectivity index (χ3v) is 2.09. The third kappa shape index (κ3) is 1.75. The molecule has 0 aromatic heterocycles. The lowest BCUT2D eigenvalue weighted by Gasteiger charge is -2.08. The van der Waals surface area contributed by atoms with Gasteiger partial charge in [-0.25, -0.2) is 4.79 Å². The molecule has 13 heavy (non-hydrogen) atoms. The first-order valence-electron chi connectivity index (χ1n) is 3.64. The summed E-state index contributed by atoms with van der Waals surface area (Å²) in [4.78, 5) is 10.7. The molecule has 1 aromatic rings. The lowest BCUT2D eigenvalue weighted by Crippen LogP contribution is -2.01. The summed E-state index contributed by atoms with van der Waals surface area (Å²) in [5.74, 6) is -0.561. The fourth-order valence-corrected chi connectivity index (χ4v) is 1.42. The highest BCUT2D eigenvalue weighted by atomic mass is 35.5. The number of hydrogen-bond acceptors (Lipinski definition) is 2. The van der Waals surface area contributed by atoms with Crippen LogP contribution in [0.3, 0.4) is 0 Å². The molecular weight excluding hydrogens is 192 g/mol. The van der Waals surface area contributed by atoms with E-state index in [1.807, 2.05) is 0 Å². The zero-order chi connectivity index (χ0) is 10.0. The quantitative estimate of drug-likeness (QED) is 0.797. The predicted octanol–water partition coefficient (Wildman–Crippen LogP) is 2.36. The van der Waals surface area contributed by atoms with Gasteiger partial charge in [0.25, 0.3) is 0 Å². The van der Waals surface area contributed by atoms with Crippen molar-refractivity contribution in [3.8, 4) is 5.75 Å². The monoisotopic (exact) mass is 200 g/mol. The van der Waals surface area contributed by atoms with Gasteiger partial charge >= 0.3 is 5.97 Å². The van der Waals surface area contributed by atoms with Crippen molar-refractivity contribution in [1.29, 1.82) is 0 Å². The van der Waals surface area contributed by atoms with E-state index in [-0.39, 0.29) is 5.56 Å². The van der Waals surface area contributed by atoms with E-state index in [0.29, 0.717) is 16.3 Å².